The fourth-order valence-electron chi connectivity index (χ4n) is 3.37. The number of hydrogen-bond donors (Lipinski definition) is 1. The van der Waals surface area contributed by atoms with Gasteiger partial charge in [0, 0.05) is 25.7 Å². The summed E-state index contributed by atoms with van der Waals surface area (Å²) in [7, 11) is 0. The largest absolute Gasteiger partial charge is 0.377 e. The summed E-state index contributed by atoms with van der Waals surface area (Å²) in [6.07, 6.45) is 6.91. The molecule has 2 fully saturated rings. The van der Waals surface area contributed by atoms with Crippen molar-refractivity contribution in [3.8, 4) is 0 Å². The maximum Gasteiger partial charge on any atom is 0.0702 e. The minimum Gasteiger partial charge on any atom is -0.377 e. The zero-order valence-electron chi connectivity index (χ0n) is 12.2. The van der Waals surface area contributed by atoms with Crippen molar-refractivity contribution >= 4 is 0 Å². The molecule has 3 heteroatoms. The lowest BCUT2D eigenvalue weighted by Gasteiger charge is -2.37. The van der Waals surface area contributed by atoms with Crippen LogP contribution in [-0.4, -0.2) is 49.8 Å². The van der Waals surface area contributed by atoms with E-state index >= 15 is 0 Å². The second-order valence-corrected chi connectivity index (χ2v) is 6.14. The van der Waals surface area contributed by atoms with Gasteiger partial charge in [0.2, 0.25) is 0 Å². The van der Waals surface area contributed by atoms with E-state index in [2.05, 4.69) is 24.1 Å². The molecule has 18 heavy (non-hydrogen) atoms. The molecular weight excluding hydrogens is 224 g/mol. The molecule has 0 amide bonds. The first-order chi connectivity index (χ1) is 8.78. The van der Waals surface area contributed by atoms with Gasteiger partial charge in [-0.2, -0.15) is 0 Å². The van der Waals surface area contributed by atoms with E-state index in [1.54, 1.807) is 0 Å². The molecule has 3 unspecified atom stereocenters. The molecule has 2 saturated heterocycles. The van der Waals surface area contributed by atoms with Gasteiger partial charge in [-0.3, -0.25) is 0 Å². The molecule has 0 aliphatic carbocycles. The highest BCUT2D eigenvalue weighted by Crippen LogP contribution is 2.20. The first kappa shape index (κ1) is 14.3. The molecule has 2 heterocycles. The highest BCUT2D eigenvalue weighted by atomic mass is 16.5. The van der Waals surface area contributed by atoms with Crippen LogP contribution in [0.25, 0.3) is 0 Å². The van der Waals surface area contributed by atoms with Crippen LogP contribution in [-0.2, 0) is 4.74 Å². The van der Waals surface area contributed by atoms with Gasteiger partial charge in [0.05, 0.1) is 6.10 Å². The zero-order chi connectivity index (χ0) is 12.8. The lowest BCUT2D eigenvalue weighted by atomic mass is 9.92. The van der Waals surface area contributed by atoms with Crippen molar-refractivity contribution < 1.29 is 4.74 Å². The third kappa shape index (κ3) is 4.52. The standard InChI is InChI=1S/C15H30N2O/c1-3-9-18-15-5-4-8-17(12-15)11-14-6-7-16-13(2)10-14/h13-16H,3-12H2,1-2H3. The van der Waals surface area contributed by atoms with E-state index in [0.29, 0.717) is 12.1 Å². The van der Waals surface area contributed by atoms with Gasteiger partial charge in [0.1, 0.15) is 0 Å². The quantitative estimate of drug-likeness (QED) is 0.814. The van der Waals surface area contributed by atoms with E-state index in [1.165, 1.54) is 45.3 Å². The Labute approximate surface area is 112 Å². The summed E-state index contributed by atoms with van der Waals surface area (Å²) < 4.78 is 5.92. The van der Waals surface area contributed by atoms with E-state index in [1.807, 2.05) is 0 Å². The fourth-order valence-corrected chi connectivity index (χ4v) is 3.37. The van der Waals surface area contributed by atoms with Gasteiger partial charge >= 0.3 is 0 Å². The van der Waals surface area contributed by atoms with Gasteiger partial charge in [0.15, 0.2) is 0 Å². The second kappa shape index (κ2) is 7.46. The smallest absolute Gasteiger partial charge is 0.0702 e. The molecule has 3 atom stereocenters. The summed E-state index contributed by atoms with van der Waals surface area (Å²) in [6.45, 7) is 10.4. The van der Waals surface area contributed by atoms with Gasteiger partial charge < -0.3 is 15.0 Å². The minimum atomic E-state index is 0.498. The molecule has 2 aliphatic rings. The van der Waals surface area contributed by atoms with E-state index in [-0.39, 0.29) is 0 Å². The Morgan fingerprint density at radius 1 is 1.33 bits per heavy atom. The summed E-state index contributed by atoms with van der Waals surface area (Å²) in [6, 6.07) is 0.709. The Hall–Kier alpha value is -0.120. The van der Waals surface area contributed by atoms with Crippen LogP contribution in [0, 0.1) is 5.92 Å². The van der Waals surface area contributed by atoms with Crippen LogP contribution in [0.3, 0.4) is 0 Å². The van der Waals surface area contributed by atoms with Gasteiger partial charge in [0.25, 0.3) is 0 Å². The number of ether oxygens (including phenoxy) is 1. The van der Waals surface area contributed by atoms with Crippen LogP contribution in [0.15, 0.2) is 0 Å². The lowest BCUT2D eigenvalue weighted by molar-refractivity contribution is -0.00548. The van der Waals surface area contributed by atoms with Crippen molar-refractivity contribution in [2.45, 2.75) is 58.1 Å². The van der Waals surface area contributed by atoms with Crippen molar-refractivity contribution in [1.29, 1.82) is 0 Å². The lowest BCUT2D eigenvalue weighted by Crippen LogP contribution is -2.45. The molecular formula is C15H30N2O. The highest BCUT2D eigenvalue weighted by Gasteiger charge is 2.25. The number of piperidine rings is 2. The number of likely N-dealkylation sites (tertiary alicyclic amines) is 1. The van der Waals surface area contributed by atoms with Crippen molar-refractivity contribution in [2.75, 3.05) is 32.8 Å². The van der Waals surface area contributed by atoms with Gasteiger partial charge in [-0.25, -0.2) is 0 Å². The fraction of sp³-hybridized carbons (Fsp3) is 1.00. The van der Waals surface area contributed by atoms with Crippen molar-refractivity contribution in [3.63, 3.8) is 0 Å². The molecule has 0 bridgehead atoms. The average Bonchev–Trinajstić information content (AvgIpc) is 2.37. The first-order valence-electron chi connectivity index (χ1n) is 7.85. The van der Waals surface area contributed by atoms with E-state index < -0.39 is 0 Å². The number of rotatable bonds is 5. The predicted molar refractivity (Wildman–Crippen MR) is 75.9 cm³/mol. The molecule has 106 valence electrons. The summed E-state index contributed by atoms with van der Waals surface area (Å²) >= 11 is 0. The van der Waals surface area contributed by atoms with E-state index in [0.717, 1.165) is 25.5 Å². The summed E-state index contributed by atoms with van der Waals surface area (Å²) in [4.78, 5) is 2.65. The van der Waals surface area contributed by atoms with Crippen LogP contribution in [0.5, 0.6) is 0 Å². The first-order valence-corrected chi connectivity index (χ1v) is 7.85. The van der Waals surface area contributed by atoms with Crippen LogP contribution in [0.2, 0.25) is 0 Å². The molecule has 2 aliphatic heterocycles. The summed E-state index contributed by atoms with van der Waals surface area (Å²) in [5.74, 6) is 0.895. The molecule has 3 nitrogen and oxygen atoms in total. The Bertz CT molecular complexity index is 235. The molecule has 1 N–H and O–H groups in total. The molecule has 0 aromatic rings. The molecule has 0 aromatic heterocycles. The number of hydrogen-bond acceptors (Lipinski definition) is 3. The van der Waals surface area contributed by atoms with Gasteiger partial charge in [-0.15, -0.1) is 0 Å². The number of nitrogens with zero attached hydrogens (tertiary/aromatic N) is 1. The SMILES string of the molecule is CCCOC1CCCN(CC2CCNC(C)C2)C1. The summed E-state index contributed by atoms with van der Waals surface area (Å²) in [5.41, 5.74) is 0. The van der Waals surface area contributed by atoms with E-state index in [4.69, 9.17) is 4.74 Å². The average molecular weight is 254 g/mol. The molecule has 0 spiro atoms. The minimum absolute atomic E-state index is 0.498. The summed E-state index contributed by atoms with van der Waals surface area (Å²) in [5, 5.41) is 3.54. The van der Waals surface area contributed by atoms with Crippen LogP contribution in [0.1, 0.15) is 46.0 Å². The maximum atomic E-state index is 5.92. The highest BCUT2D eigenvalue weighted by molar-refractivity contribution is 4.80. The normalized spacial score (nSPS) is 34.7. The number of nitrogens with one attached hydrogen (secondary N) is 1. The molecule has 0 radical (unpaired) electrons. The molecule has 0 aromatic carbocycles. The second-order valence-electron chi connectivity index (χ2n) is 6.14. The van der Waals surface area contributed by atoms with Crippen molar-refractivity contribution in [1.82, 2.24) is 10.2 Å². The Morgan fingerprint density at radius 2 is 2.22 bits per heavy atom. The van der Waals surface area contributed by atoms with Crippen LogP contribution < -0.4 is 5.32 Å². The molecule has 2 rings (SSSR count). The van der Waals surface area contributed by atoms with Crippen LogP contribution >= 0.6 is 0 Å². The van der Waals surface area contributed by atoms with Crippen molar-refractivity contribution in [3.05, 3.63) is 0 Å². The van der Waals surface area contributed by atoms with Gasteiger partial charge in [-0.1, -0.05) is 6.92 Å². The Morgan fingerprint density at radius 3 is 3.00 bits per heavy atom. The monoisotopic (exact) mass is 254 g/mol. The van der Waals surface area contributed by atoms with Crippen molar-refractivity contribution in [2.24, 2.45) is 5.92 Å². The topological polar surface area (TPSA) is 24.5 Å². The zero-order valence-corrected chi connectivity index (χ0v) is 12.2. The van der Waals surface area contributed by atoms with Crippen LogP contribution in [0.4, 0.5) is 0 Å². The maximum absolute atomic E-state index is 5.92. The Balaban J connectivity index is 1.71. The molecule has 0 saturated carbocycles. The Kier molecular flexibility index (Phi) is 5.93. The van der Waals surface area contributed by atoms with E-state index in [9.17, 15) is 0 Å². The third-order valence-electron chi connectivity index (χ3n) is 4.27. The third-order valence-corrected chi connectivity index (χ3v) is 4.27. The van der Waals surface area contributed by atoms with Gasteiger partial charge in [-0.05, 0) is 58.0 Å². The predicted octanol–water partition coefficient (Wildman–Crippen LogP) is 2.27.